The van der Waals surface area contributed by atoms with E-state index in [1.807, 2.05) is 0 Å². The molecule has 1 aromatic carbocycles. The second kappa shape index (κ2) is 7.75. The van der Waals surface area contributed by atoms with Gasteiger partial charge in [0.15, 0.2) is 0 Å². The molecule has 0 heterocycles. The van der Waals surface area contributed by atoms with Crippen molar-refractivity contribution in [3.8, 4) is 0 Å². The molecule has 1 aliphatic carbocycles. The molecule has 1 saturated carbocycles. The van der Waals surface area contributed by atoms with Crippen LogP contribution in [-0.4, -0.2) is 41.5 Å². The summed E-state index contributed by atoms with van der Waals surface area (Å²) in [6, 6.07) is 3.71. The molecule has 0 spiro atoms. The highest BCUT2D eigenvalue weighted by molar-refractivity contribution is 6.39. The van der Waals surface area contributed by atoms with E-state index in [0.717, 1.165) is 25.3 Å². The molecule has 0 bridgehead atoms. The van der Waals surface area contributed by atoms with Crippen LogP contribution >= 0.6 is 11.6 Å². The molecule has 2 amide bonds. The highest BCUT2D eigenvalue weighted by atomic mass is 35.5. The van der Waals surface area contributed by atoms with Gasteiger partial charge >= 0.3 is 11.8 Å². The SMILES string of the molecule is CN(CC1CCCCC1O)C(=O)C(=O)Nc1cc(Cl)ccc1F. The number of anilines is 1. The smallest absolute Gasteiger partial charge is 0.313 e. The molecule has 2 rings (SSSR count). The van der Waals surface area contributed by atoms with Crippen molar-refractivity contribution in [1.29, 1.82) is 0 Å². The molecule has 0 saturated heterocycles. The van der Waals surface area contributed by atoms with E-state index in [2.05, 4.69) is 5.32 Å². The topological polar surface area (TPSA) is 69.6 Å². The molecule has 0 aliphatic heterocycles. The number of carbonyl (C=O) groups excluding carboxylic acids is 2. The number of amides is 2. The Morgan fingerprint density at radius 3 is 2.78 bits per heavy atom. The van der Waals surface area contributed by atoms with Crippen LogP contribution in [0.15, 0.2) is 18.2 Å². The van der Waals surface area contributed by atoms with E-state index >= 15 is 0 Å². The van der Waals surface area contributed by atoms with Crippen molar-refractivity contribution in [2.24, 2.45) is 5.92 Å². The molecule has 126 valence electrons. The predicted octanol–water partition coefficient (Wildman–Crippen LogP) is 2.43. The Balaban J connectivity index is 1.95. The number of likely N-dealkylation sites (N-methyl/N-ethyl adjacent to an activating group) is 1. The second-order valence-corrected chi connectivity index (χ2v) is 6.31. The van der Waals surface area contributed by atoms with Gasteiger partial charge < -0.3 is 15.3 Å². The highest BCUT2D eigenvalue weighted by Crippen LogP contribution is 2.25. The molecule has 2 unspecified atom stereocenters. The number of aliphatic hydroxyl groups excluding tert-OH is 1. The van der Waals surface area contributed by atoms with Crippen LogP contribution in [0.1, 0.15) is 25.7 Å². The largest absolute Gasteiger partial charge is 0.393 e. The minimum atomic E-state index is -0.932. The van der Waals surface area contributed by atoms with E-state index in [-0.39, 0.29) is 16.6 Å². The lowest BCUT2D eigenvalue weighted by atomic mass is 9.86. The normalized spacial score (nSPS) is 20.9. The van der Waals surface area contributed by atoms with E-state index in [4.69, 9.17) is 11.6 Å². The second-order valence-electron chi connectivity index (χ2n) is 5.88. The summed E-state index contributed by atoms with van der Waals surface area (Å²) in [6.45, 7) is 0.297. The Labute approximate surface area is 139 Å². The van der Waals surface area contributed by atoms with Gasteiger partial charge in [-0.25, -0.2) is 4.39 Å². The van der Waals surface area contributed by atoms with E-state index in [9.17, 15) is 19.1 Å². The number of benzene rings is 1. The van der Waals surface area contributed by atoms with Gasteiger partial charge in [0.25, 0.3) is 0 Å². The summed E-state index contributed by atoms with van der Waals surface area (Å²) in [5, 5.41) is 12.4. The first-order valence-corrected chi connectivity index (χ1v) is 7.96. The maximum atomic E-state index is 13.6. The molecule has 1 aliphatic rings. The zero-order valence-electron chi connectivity index (χ0n) is 12.9. The lowest BCUT2D eigenvalue weighted by Crippen LogP contribution is -2.42. The van der Waals surface area contributed by atoms with Gasteiger partial charge in [-0.05, 0) is 31.0 Å². The fraction of sp³-hybridized carbons (Fsp3) is 0.500. The molecule has 2 atom stereocenters. The molecule has 1 fully saturated rings. The van der Waals surface area contributed by atoms with Gasteiger partial charge in [-0.2, -0.15) is 0 Å². The van der Waals surface area contributed by atoms with Gasteiger partial charge in [-0.3, -0.25) is 9.59 Å². The molecule has 5 nitrogen and oxygen atoms in total. The van der Waals surface area contributed by atoms with Crippen molar-refractivity contribution >= 4 is 29.1 Å². The molecule has 0 radical (unpaired) electrons. The Hall–Kier alpha value is -1.66. The summed E-state index contributed by atoms with van der Waals surface area (Å²) in [7, 11) is 1.50. The highest BCUT2D eigenvalue weighted by Gasteiger charge is 2.28. The summed E-state index contributed by atoms with van der Waals surface area (Å²) in [6.07, 6.45) is 3.07. The monoisotopic (exact) mass is 342 g/mol. The molecule has 0 aromatic heterocycles. The maximum Gasteiger partial charge on any atom is 0.313 e. The number of aliphatic hydroxyl groups is 1. The average molecular weight is 343 g/mol. The van der Waals surface area contributed by atoms with E-state index in [1.54, 1.807) is 0 Å². The summed E-state index contributed by atoms with van der Waals surface area (Å²) in [5.41, 5.74) is -0.137. The molecule has 1 aromatic rings. The zero-order valence-corrected chi connectivity index (χ0v) is 13.6. The van der Waals surface area contributed by atoms with Crippen LogP contribution in [0.25, 0.3) is 0 Å². The molecule has 23 heavy (non-hydrogen) atoms. The van der Waals surface area contributed by atoms with Crippen LogP contribution in [-0.2, 0) is 9.59 Å². The van der Waals surface area contributed by atoms with Crippen LogP contribution < -0.4 is 5.32 Å². The van der Waals surface area contributed by atoms with Crippen LogP contribution in [0.5, 0.6) is 0 Å². The number of hydrogen-bond acceptors (Lipinski definition) is 3. The molecule has 2 N–H and O–H groups in total. The van der Waals surface area contributed by atoms with Gasteiger partial charge in [0.05, 0.1) is 11.8 Å². The summed E-state index contributed by atoms with van der Waals surface area (Å²) < 4.78 is 13.6. The summed E-state index contributed by atoms with van der Waals surface area (Å²) in [5.74, 6) is -2.41. The Morgan fingerprint density at radius 2 is 2.09 bits per heavy atom. The zero-order chi connectivity index (χ0) is 17.0. The number of rotatable bonds is 3. The first-order chi connectivity index (χ1) is 10.9. The van der Waals surface area contributed by atoms with Crippen LogP contribution in [0.4, 0.5) is 10.1 Å². The van der Waals surface area contributed by atoms with Gasteiger partial charge in [0.2, 0.25) is 0 Å². The number of carbonyl (C=O) groups is 2. The van der Waals surface area contributed by atoms with Crippen LogP contribution in [0.2, 0.25) is 5.02 Å². The van der Waals surface area contributed by atoms with Gasteiger partial charge in [0, 0.05) is 24.5 Å². The van der Waals surface area contributed by atoms with Crippen molar-refractivity contribution in [2.45, 2.75) is 31.8 Å². The average Bonchev–Trinajstić information content (AvgIpc) is 2.52. The molecular formula is C16H20ClFN2O3. The third-order valence-corrected chi connectivity index (χ3v) is 4.33. The lowest BCUT2D eigenvalue weighted by Gasteiger charge is -2.30. The molecule has 7 heteroatoms. The minimum Gasteiger partial charge on any atom is -0.393 e. The Morgan fingerprint density at radius 1 is 1.39 bits per heavy atom. The first-order valence-electron chi connectivity index (χ1n) is 7.58. The van der Waals surface area contributed by atoms with Gasteiger partial charge in [0.1, 0.15) is 5.82 Å². The third-order valence-electron chi connectivity index (χ3n) is 4.09. The quantitative estimate of drug-likeness (QED) is 0.829. The Bertz CT molecular complexity index is 597. The predicted molar refractivity (Wildman–Crippen MR) is 85.6 cm³/mol. The van der Waals surface area contributed by atoms with Gasteiger partial charge in [-0.1, -0.05) is 24.4 Å². The summed E-state index contributed by atoms with van der Waals surface area (Å²) >= 11 is 5.75. The number of hydrogen-bond donors (Lipinski definition) is 2. The van der Waals surface area contributed by atoms with Crippen molar-refractivity contribution in [3.63, 3.8) is 0 Å². The third kappa shape index (κ3) is 4.65. The summed E-state index contributed by atoms with van der Waals surface area (Å²) in [4.78, 5) is 25.3. The fourth-order valence-corrected chi connectivity index (χ4v) is 2.95. The van der Waals surface area contributed by atoms with E-state index in [0.29, 0.717) is 13.0 Å². The first kappa shape index (κ1) is 17.7. The van der Waals surface area contributed by atoms with Crippen LogP contribution in [0.3, 0.4) is 0 Å². The van der Waals surface area contributed by atoms with Crippen molar-refractivity contribution < 1.29 is 19.1 Å². The van der Waals surface area contributed by atoms with Gasteiger partial charge in [-0.15, -0.1) is 0 Å². The van der Waals surface area contributed by atoms with Crippen molar-refractivity contribution in [3.05, 3.63) is 29.0 Å². The van der Waals surface area contributed by atoms with Crippen LogP contribution in [0, 0.1) is 11.7 Å². The Kier molecular flexibility index (Phi) is 5.96. The standard InChI is InChI=1S/C16H20ClFN2O3/c1-20(9-10-4-2-3-5-14(10)21)16(23)15(22)19-13-8-11(17)6-7-12(13)18/h6-8,10,14,21H,2-5,9H2,1H3,(H,19,22). The van der Waals surface area contributed by atoms with E-state index in [1.165, 1.54) is 24.1 Å². The minimum absolute atomic E-state index is 0.0339. The lowest BCUT2D eigenvalue weighted by molar-refractivity contribution is -0.143. The number of nitrogens with zero attached hydrogens (tertiary/aromatic N) is 1. The van der Waals surface area contributed by atoms with E-state index < -0.39 is 23.7 Å². The number of halogens is 2. The fourth-order valence-electron chi connectivity index (χ4n) is 2.78. The number of nitrogens with one attached hydrogen (secondary N) is 1. The van der Waals surface area contributed by atoms with Crippen molar-refractivity contribution in [1.82, 2.24) is 4.90 Å². The van der Waals surface area contributed by atoms with Crippen molar-refractivity contribution in [2.75, 3.05) is 18.9 Å². The molecular weight excluding hydrogens is 323 g/mol. The maximum absolute atomic E-state index is 13.6.